The van der Waals surface area contributed by atoms with Gasteiger partial charge in [0, 0.05) is 11.5 Å². The molecular formula is C9H5O3. The Hall–Kier alpha value is -1.77. The van der Waals surface area contributed by atoms with Crippen molar-refractivity contribution >= 4 is 16.9 Å². The van der Waals surface area contributed by atoms with E-state index in [4.69, 9.17) is 9.52 Å². The van der Waals surface area contributed by atoms with E-state index in [0.29, 0.717) is 11.0 Å². The van der Waals surface area contributed by atoms with Crippen molar-refractivity contribution < 1.29 is 14.3 Å². The highest BCUT2D eigenvalue weighted by Crippen LogP contribution is 2.15. The molecule has 0 saturated carbocycles. The molecule has 1 aromatic carbocycles. The van der Waals surface area contributed by atoms with E-state index in [1.807, 2.05) is 0 Å². The van der Waals surface area contributed by atoms with Gasteiger partial charge in [0.1, 0.15) is 5.58 Å². The van der Waals surface area contributed by atoms with Gasteiger partial charge in [0.05, 0.1) is 11.8 Å². The molecule has 0 unspecified atom stereocenters. The van der Waals surface area contributed by atoms with Crippen LogP contribution in [0.4, 0.5) is 0 Å². The minimum absolute atomic E-state index is 0.250. The largest absolute Gasteiger partial charge is 0.478 e. The summed E-state index contributed by atoms with van der Waals surface area (Å²) in [5.74, 6) is -0.938. The van der Waals surface area contributed by atoms with Gasteiger partial charge in [0.25, 0.3) is 0 Å². The van der Waals surface area contributed by atoms with Crippen LogP contribution in [0, 0.1) is 6.07 Å². The number of furan rings is 1. The van der Waals surface area contributed by atoms with Crippen LogP contribution < -0.4 is 0 Å². The Kier molecular flexibility index (Phi) is 1.37. The third kappa shape index (κ3) is 0.955. The number of hydrogen-bond donors (Lipinski definition) is 1. The smallest absolute Gasteiger partial charge is 0.335 e. The highest BCUT2D eigenvalue weighted by molar-refractivity contribution is 5.92. The molecule has 0 saturated heterocycles. The molecule has 0 fully saturated rings. The number of carboxylic acids is 1. The first-order valence-electron chi connectivity index (χ1n) is 3.39. The van der Waals surface area contributed by atoms with E-state index < -0.39 is 5.97 Å². The normalized spacial score (nSPS) is 10.3. The van der Waals surface area contributed by atoms with Gasteiger partial charge in [-0.2, -0.15) is 0 Å². The maximum Gasteiger partial charge on any atom is 0.335 e. The van der Waals surface area contributed by atoms with Crippen LogP contribution in [0.2, 0.25) is 0 Å². The lowest BCUT2D eigenvalue weighted by molar-refractivity contribution is 0.0697. The number of aromatic carboxylic acids is 1. The zero-order chi connectivity index (χ0) is 8.55. The first kappa shape index (κ1) is 6.91. The highest BCUT2D eigenvalue weighted by atomic mass is 16.4. The Morgan fingerprint density at radius 3 is 3.08 bits per heavy atom. The molecule has 2 rings (SSSR count). The predicted molar refractivity (Wildman–Crippen MR) is 42.0 cm³/mol. The molecule has 3 heteroatoms. The van der Waals surface area contributed by atoms with Crippen molar-refractivity contribution in [2.45, 2.75) is 0 Å². The van der Waals surface area contributed by atoms with Gasteiger partial charge in [-0.15, -0.1) is 0 Å². The summed E-state index contributed by atoms with van der Waals surface area (Å²) in [4.78, 5) is 10.5. The molecule has 0 atom stereocenters. The van der Waals surface area contributed by atoms with E-state index in [2.05, 4.69) is 6.07 Å². The van der Waals surface area contributed by atoms with Crippen LogP contribution in [0.1, 0.15) is 10.4 Å². The lowest BCUT2D eigenvalue weighted by Crippen LogP contribution is -1.94. The summed E-state index contributed by atoms with van der Waals surface area (Å²) in [5.41, 5.74) is 0.903. The molecule has 1 aromatic heterocycles. The van der Waals surface area contributed by atoms with E-state index in [9.17, 15) is 4.79 Å². The first-order chi connectivity index (χ1) is 5.77. The second-order valence-corrected chi connectivity index (χ2v) is 2.40. The van der Waals surface area contributed by atoms with Crippen molar-refractivity contribution in [3.05, 3.63) is 36.1 Å². The molecule has 1 radical (unpaired) electrons. The van der Waals surface area contributed by atoms with E-state index in [1.54, 1.807) is 6.07 Å². The van der Waals surface area contributed by atoms with Crippen LogP contribution in [0.15, 0.2) is 28.9 Å². The van der Waals surface area contributed by atoms with Gasteiger partial charge in [-0.1, -0.05) is 0 Å². The number of carboxylic acid groups (broad SMARTS) is 1. The maximum atomic E-state index is 10.5. The fraction of sp³-hybridized carbons (Fsp3) is 0. The molecule has 0 bridgehead atoms. The van der Waals surface area contributed by atoms with Crippen molar-refractivity contribution in [2.24, 2.45) is 0 Å². The summed E-state index contributed by atoms with van der Waals surface area (Å²) in [6, 6.07) is 7.44. The second-order valence-electron chi connectivity index (χ2n) is 2.40. The minimum Gasteiger partial charge on any atom is -0.478 e. The molecule has 0 aliphatic carbocycles. The first-order valence-corrected chi connectivity index (χ1v) is 3.39. The second kappa shape index (κ2) is 2.37. The van der Waals surface area contributed by atoms with Crippen LogP contribution in [0.3, 0.4) is 0 Å². The molecule has 1 N–H and O–H groups in total. The van der Waals surface area contributed by atoms with E-state index in [-0.39, 0.29) is 5.56 Å². The Bertz CT molecular complexity index is 428. The summed E-state index contributed by atoms with van der Waals surface area (Å²) >= 11 is 0. The van der Waals surface area contributed by atoms with Crippen molar-refractivity contribution in [3.63, 3.8) is 0 Å². The zero-order valence-corrected chi connectivity index (χ0v) is 6.07. The van der Waals surface area contributed by atoms with Gasteiger partial charge in [0.15, 0.2) is 0 Å². The average Bonchev–Trinajstić information content (AvgIpc) is 2.49. The fourth-order valence-electron chi connectivity index (χ4n) is 1.04. The lowest BCUT2D eigenvalue weighted by Gasteiger charge is -1.91. The Balaban J connectivity index is 2.68. The van der Waals surface area contributed by atoms with Crippen LogP contribution >= 0.6 is 0 Å². The summed E-state index contributed by atoms with van der Waals surface area (Å²) in [6.07, 6.45) is 1.41. The van der Waals surface area contributed by atoms with Crippen molar-refractivity contribution in [2.75, 3.05) is 0 Å². The van der Waals surface area contributed by atoms with E-state index >= 15 is 0 Å². The van der Waals surface area contributed by atoms with E-state index in [1.165, 1.54) is 18.4 Å². The van der Waals surface area contributed by atoms with Crippen molar-refractivity contribution in [1.82, 2.24) is 0 Å². The van der Waals surface area contributed by atoms with Gasteiger partial charge >= 0.3 is 5.97 Å². The Morgan fingerprint density at radius 1 is 1.50 bits per heavy atom. The highest BCUT2D eigenvalue weighted by Gasteiger charge is 2.04. The predicted octanol–water partition coefficient (Wildman–Crippen LogP) is 1.93. The van der Waals surface area contributed by atoms with Gasteiger partial charge in [-0.05, 0) is 18.2 Å². The quantitative estimate of drug-likeness (QED) is 0.695. The molecule has 0 spiro atoms. The lowest BCUT2D eigenvalue weighted by atomic mass is 10.2. The summed E-state index contributed by atoms with van der Waals surface area (Å²) in [5, 5.41) is 9.33. The summed E-state index contributed by atoms with van der Waals surface area (Å²) in [6.45, 7) is 0. The van der Waals surface area contributed by atoms with Crippen LogP contribution in [-0.4, -0.2) is 11.1 Å². The van der Waals surface area contributed by atoms with Gasteiger partial charge in [0.2, 0.25) is 0 Å². The van der Waals surface area contributed by atoms with Crippen molar-refractivity contribution in [3.8, 4) is 0 Å². The number of carbonyl (C=O) groups is 1. The van der Waals surface area contributed by atoms with Gasteiger partial charge in [-0.25, -0.2) is 4.79 Å². The SMILES string of the molecule is O=C(O)c1ccc2oc[c]c2c1. The third-order valence-electron chi connectivity index (χ3n) is 1.63. The monoisotopic (exact) mass is 161 g/mol. The van der Waals surface area contributed by atoms with E-state index in [0.717, 1.165) is 0 Å². The summed E-state index contributed by atoms with van der Waals surface area (Å²) < 4.78 is 5.00. The Morgan fingerprint density at radius 2 is 2.33 bits per heavy atom. The number of rotatable bonds is 1. The molecule has 0 amide bonds. The Labute approximate surface area is 68.2 Å². The molecular weight excluding hydrogens is 156 g/mol. The van der Waals surface area contributed by atoms with Gasteiger partial charge < -0.3 is 9.52 Å². The van der Waals surface area contributed by atoms with Crippen LogP contribution in [0.25, 0.3) is 11.0 Å². The summed E-state index contributed by atoms with van der Waals surface area (Å²) in [7, 11) is 0. The number of hydrogen-bond acceptors (Lipinski definition) is 2. The molecule has 2 aromatic rings. The van der Waals surface area contributed by atoms with Gasteiger partial charge in [-0.3, -0.25) is 0 Å². The maximum absolute atomic E-state index is 10.5. The van der Waals surface area contributed by atoms with Crippen molar-refractivity contribution in [1.29, 1.82) is 0 Å². The third-order valence-corrected chi connectivity index (χ3v) is 1.63. The number of fused-ring (bicyclic) bond motifs is 1. The molecule has 0 aliphatic rings. The molecule has 1 heterocycles. The van der Waals surface area contributed by atoms with Crippen LogP contribution in [0.5, 0.6) is 0 Å². The fourth-order valence-corrected chi connectivity index (χ4v) is 1.04. The average molecular weight is 161 g/mol. The topological polar surface area (TPSA) is 50.4 Å². The molecule has 0 aliphatic heterocycles. The minimum atomic E-state index is -0.938. The molecule has 59 valence electrons. The molecule has 12 heavy (non-hydrogen) atoms. The van der Waals surface area contributed by atoms with Crippen LogP contribution in [-0.2, 0) is 0 Å². The standard InChI is InChI=1S/C9H5O3/c10-9(11)7-1-2-8-6(5-7)3-4-12-8/h1-2,4-5H,(H,10,11). The zero-order valence-electron chi connectivity index (χ0n) is 6.07. The molecule has 3 nitrogen and oxygen atoms in total. The number of benzene rings is 1.